The smallest absolute Gasteiger partial charge is 0.270 e. The lowest BCUT2D eigenvalue weighted by atomic mass is 10.0. The highest BCUT2D eigenvalue weighted by Gasteiger charge is 2.15. The van der Waals surface area contributed by atoms with E-state index in [1.54, 1.807) is 31.4 Å². The van der Waals surface area contributed by atoms with Gasteiger partial charge in [0.2, 0.25) is 0 Å². The van der Waals surface area contributed by atoms with Gasteiger partial charge in [-0.2, -0.15) is 0 Å². The fourth-order valence-electron chi connectivity index (χ4n) is 2.35. The van der Waals surface area contributed by atoms with Gasteiger partial charge in [-0.1, -0.05) is 17.3 Å². The molecular formula is C18H15N3O6. The quantitative estimate of drug-likeness (QED) is 0.502. The van der Waals surface area contributed by atoms with Crippen molar-refractivity contribution in [1.82, 2.24) is 5.16 Å². The van der Waals surface area contributed by atoms with E-state index in [-0.39, 0.29) is 18.1 Å². The van der Waals surface area contributed by atoms with E-state index < -0.39 is 10.8 Å². The molecule has 138 valence electrons. The standard InChI is InChI=1S/C18H15N3O6/c1-25-14-5-2-12(3-6-14)15-10-13(21(23)24)4-7-16(15)26-11-18(22)19-17-8-9-27-20-17/h2-10H,11H2,1H3,(H,19,20,22). The van der Waals surface area contributed by atoms with Crippen molar-refractivity contribution in [3.05, 3.63) is 64.9 Å². The van der Waals surface area contributed by atoms with Crippen LogP contribution in [-0.2, 0) is 4.79 Å². The molecule has 0 aliphatic carbocycles. The SMILES string of the molecule is COc1ccc(-c2cc([N+](=O)[O-])ccc2OCC(=O)Nc2ccon2)cc1. The molecule has 0 aliphatic rings. The summed E-state index contributed by atoms with van der Waals surface area (Å²) in [7, 11) is 1.55. The summed E-state index contributed by atoms with van der Waals surface area (Å²) in [5.41, 5.74) is 1.09. The van der Waals surface area contributed by atoms with Crippen LogP contribution in [0.4, 0.5) is 11.5 Å². The van der Waals surface area contributed by atoms with Crippen LogP contribution in [0.15, 0.2) is 59.3 Å². The van der Waals surface area contributed by atoms with Crippen molar-refractivity contribution < 1.29 is 23.7 Å². The lowest BCUT2D eigenvalue weighted by Crippen LogP contribution is -2.20. The Labute approximate surface area is 153 Å². The number of benzene rings is 2. The molecule has 1 amide bonds. The Bertz CT molecular complexity index is 938. The summed E-state index contributed by atoms with van der Waals surface area (Å²) in [6.45, 7) is -0.298. The molecule has 1 aromatic heterocycles. The van der Waals surface area contributed by atoms with Crippen LogP contribution in [-0.4, -0.2) is 29.7 Å². The van der Waals surface area contributed by atoms with Crippen LogP contribution < -0.4 is 14.8 Å². The molecular weight excluding hydrogens is 354 g/mol. The molecule has 0 fully saturated rings. The Morgan fingerprint density at radius 3 is 2.63 bits per heavy atom. The lowest BCUT2D eigenvalue weighted by molar-refractivity contribution is -0.384. The Morgan fingerprint density at radius 1 is 1.22 bits per heavy atom. The third-order valence-corrected chi connectivity index (χ3v) is 3.64. The number of rotatable bonds is 7. The van der Waals surface area contributed by atoms with E-state index in [2.05, 4.69) is 15.0 Å². The van der Waals surface area contributed by atoms with Gasteiger partial charge in [-0.05, 0) is 23.8 Å². The van der Waals surface area contributed by atoms with Crippen molar-refractivity contribution in [3.8, 4) is 22.6 Å². The van der Waals surface area contributed by atoms with Gasteiger partial charge in [0.15, 0.2) is 12.4 Å². The van der Waals surface area contributed by atoms with Crippen LogP contribution in [0, 0.1) is 10.1 Å². The zero-order valence-corrected chi connectivity index (χ0v) is 14.2. The van der Waals surface area contributed by atoms with Crippen molar-refractivity contribution in [3.63, 3.8) is 0 Å². The van der Waals surface area contributed by atoms with Crippen LogP contribution in [0.1, 0.15) is 0 Å². The molecule has 0 bridgehead atoms. The van der Waals surface area contributed by atoms with Crippen molar-refractivity contribution in [2.75, 3.05) is 19.0 Å². The molecule has 0 saturated heterocycles. The van der Waals surface area contributed by atoms with Crippen LogP contribution in [0.2, 0.25) is 0 Å². The fraction of sp³-hybridized carbons (Fsp3) is 0.111. The van der Waals surface area contributed by atoms with Crippen LogP contribution in [0.5, 0.6) is 11.5 Å². The molecule has 3 rings (SSSR count). The maximum atomic E-state index is 11.9. The molecule has 1 heterocycles. The largest absolute Gasteiger partial charge is 0.497 e. The number of amides is 1. The van der Waals surface area contributed by atoms with E-state index in [1.807, 2.05) is 0 Å². The summed E-state index contributed by atoms with van der Waals surface area (Å²) in [6.07, 6.45) is 1.33. The fourth-order valence-corrected chi connectivity index (χ4v) is 2.35. The van der Waals surface area contributed by atoms with E-state index in [9.17, 15) is 14.9 Å². The van der Waals surface area contributed by atoms with Crippen molar-refractivity contribution in [1.29, 1.82) is 0 Å². The van der Waals surface area contributed by atoms with Gasteiger partial charge in [-0.3, -0.25) is 14.9 Å². The number of nitrogens with one attached hydrogen (secondary N) is 1. The summed E-state index contributed by atoms with van der Waals surface area (Å²) in [4.78, 5) is 22.6. The molecule has 27 heavy (non-hydrogen) atoms. The van der Waals surface area contributed by atoms with E-state index >= 15 is 0 Å². The Balaban J connectivity index is 1.82. The van der Waals surface area contributed by atoms with E-state index in [4.69, 9.17) is 9.47 Å². The average Bonchev–Trinajstić information content (AvgIpc) is 3.19. The minimum Gasteiger partial charge on any atom is -0.497 e. The first kappa shape index (κ1) is 17.9. The molecule has 9 heteroatoms. The number of nitro benzene ring substituents is 1. The molecule has 0 spiro atoms. The van der Waals surface area contributed by atoms with Crippen LogP contribution in [0.3, 0.4) is 0 Å². The first-order chi connectivity index (χ1) is 13.1. The summed E-state index contributed by atoms with van der Waals surface area (Å²) in [5, 5.41) is 17.2. The average molecular weight is 369 g/mol. The molecule has 1 N–H and O–H groups in total. The first-order valence-electron chi connectivity index (χ1n) is 7.82. The number of anilines is 1. The van der Waals surface area contributed by atoms with E-state index in [0.717, 1.165) is 0 Å². The molecule has 9 nitrogen and oxygen atoms in total. The Hall–Kier alpha value is -3.88. The topological polar surface area (TPSA) is 117 Å². The van der Waals surface area contributed by atoms with Gasteiger partial charge in [0.05, 0.1) is 12.0 Å². The number of nitro groups is 1. The Kier molecular flexibility index (Phi) is 5.31. The second-order valence-electron chi connectivity index (χ2n) is 5.39. The molecule has 0 unspecified atom stereocenters. The second kappa shape index (κ2) is 8.00. The third-order valence-electron chi connectivity index (χ3n) is 3.64. The maximum Gasteiger partial charge on any atom is 0.270 e. The lowest BCUT2D eigenvalue weighted by Gasteiger charge is -2.12. The van der Waals surface area contributed by atoms with Crippen molar-refractivity contribution >= 4 is 17.4 Å². The Morgan fingerprint density at radius 2 is 2.00 bits per heavy atom. The summed E-state index contributed by atoms with van der Waals surface area (Å²) < 4.78 is 15.3. The number of non-ortho nitro benzene ring substituents is 1. The molecule has 3 aromatic rings. The van der Waals surface area contributed by atoms with Crippen LogP contribution in [0.25, 0.3) is 11.1 Å². The van der Waals surface area contributed by atoms with Crippen molar-refractivity contribution in [2.45, 2.75) is 0 Å². The third kappa shape index (κ3) is 4.40. The number of nitrogens with zero attached hydrogens (tertiary/aromatic N) is 2. The number of methoxy groups -OCH3 is 1. The summed E-state index contributed by atoms with van der Waals surface area (Å²) in [5.74, 6) is 0.810. The normalized spacial score (nSPS) is 10.3. The van der Waals surface area contributed by atoms with Crippen LogP contribution >= 0.6 is 0 Å². The monoisotopic (exact) mass is 369 g/mol. The van der Waals surface area contributed by atoms with Gasteiger partial charge in [0.25, 0.3) is 11.6 Å². The zero-order valence-electron chi connectivity index (χ0n) is 14.2. The number of ether oxygens (including phenoxy) is 2. The van der Waals surface area contributed by atoms with Gasteiger partial charge in [0.1, 0.15) is 17.8 Å². The first-order valence-corrected chi connectivity index (χ1v) is 7.82. The van der Waals surface area contributed by atoms with E-state index in [1.165, 1.54) is 30.5 Å². The van der Waals surface area contributed by atoms with Gasteiger partial charge in [-0.25, -0.2) is 0 Å². The number of carbonyl (C=O) groups is 1. The highest BCUT2D eigenvalue weighted by atomic mass is 16.6. The molecule has 2 aromatic carbocycles. The number of aromatic nitrogens is 1. The zero-order chi connectivity index (χ0) is 19.2. The number of hydrogen-bond acceptors (Lipinski definition) is 7. The van der Waals surface area contributed by atoms with E-state index in [0.29, 0.717) is 22.6 Å². The van der Waals surface area contributed by atoms with Crippen molar-refractivity contribution in [2.24, 2.45) is 0 Å². The highest BCUT2D eigenvalue weighted by molar-refractivity contribution is 5.91. The predicted octanol–water partition coefficient (Wildman–Crippen LogP) is 3.28. The number of carbonyl (C=O) groups excluding carboxylic acids is 1. The maximum absolute atomic E-state index is 11.9. The second-order valence-corrected chi connectivity index (χ2v) is 5.39. The predicted molar refractivity (Wildman–Crippen MR) is 95.7 cm³/mol. The summed E-state index contributed by atoms with van der Waals surface area (Å²) >= 11 is 0. The van der Waals surface area contributed by atoms with Gasteiger partial charge < -0.3 is 19.3 Å². The molecule has 0 radical (unpaired) electrons. The van der Waals surface area contributed by atoms with Gasteiger partial charge in [-0.15, -0.1) is 0 Å². The number of hydrogen-bond donors (Lipinski definition) is 1. The summed E-state index contributed by atoms with van der Waals surface area (Å²) in [6, 6.07) is 12.6. The molecule has 0 aliphatic heterocycles. The highest BCUT2D eigenvalue weighted by Crippen LogP contribution is 2.34. The molecule has 0 atom stereocenters. The minimum absolute atomic E-state index is 0.0831. The molecule has 0 saturated carbocycles. The minimum atomic E-state index is -0.492. The van der Waals surface area contributed by atoms with Gasteiger partial charge in [0, 0.05) is 23.8 Å². The van der Waals surface area contributed by atoms with Gasteiger partial charge >= 0.3 is 0 Å².